The average molecular weight is 250 g/mol. The van der Waals surface area contributed by atoms with E-state index >= 15 is 0 Å². The topological polar surface area (TPSA) is 28.4 Å². The summed E-state index contributed by atoms with van der Waals surface area (Å²) in [6.07, 6.45) is 3.73. The lowest BCUT2D eigenvalue weighted by Gasteiger charge is -2.18. The van der Waals surface area contributed by atoms with Gasteiger partial charge in [0.1, 0.15) is 5.76 Å². The van der Waals surface area contributed by atoms with Gasteiger partial charge < -0.3 is 9.73 Å². The standard InChI is InChI=1S/C15H26N2O/c1-5-8-17(6-2)12-14-7-9-18-15(14)11-16-10-13(3)4/h5,7,9,13,16H,1,6,8,10-12H2,2-4H3. The van der Waals surface area contributed by atoms with E-state index in [1.807, 2.05) is 6.08 Å². The van der Waals surface area contributed by atoms with Gasteiger partial charge in [-0.05, 0) is 25.1 Å². The average Bonchev–Trinajstić information content (AvgIpc) is 2.75. The summed E-state index contributed by atoms with van der Waals surface area (Å²) >= 11 is 0. The molecule has 0 aliphatic carbocycles. The number of hydrogen-bond acceptors (Lipinski definition) is 3. The van der Waals surface area contributed by atoms with E-state index in [0.717, 1.165) is 38.5 Å². The lowest BCUT2D eigenvalue weighted by Crippen LogP contribution is -2.24. The molecule has 0 fully saturated rings. The van der Waals surface area contributed by atoms with E-state index in [0.29, 0.717) is 5.92 Å². The zero-order valence-electron chi connectivity index (χ0n) is 11.9. The molecule has 0 saturated heterocycles. The molecule has 1 heterocycles. The SMILES string of the molecule is C=CCN(CC)Cc1ccoc1CNCC(C)C. The Morgan fingerprint density at radius 3 is 2.89 bits per heavy atom. The van der Waals surface area contributed by atoms with Gasteiger partial charge in [0.05, 0.1) is 12.8 Å². The quantitative estimate of drug-likeness (QED) is 0.683. The van der Waals surface area contributed by atoms with Crippen LogP contribution in [0.1, 0.15) is 32.1 Å². The highest BCUT2D eigenvalue weighted by Crippen LogP contribution is 2.13. The van der Waals surface area contributed by atoms with Crippen molar-refractivity contribution in [3.05, 3.63) is 36.3 Å². The molecule has 0 saturated carbocycles. The number of likely N-dealkylation sites (N-methyl/N-ethyl adjacent to an activating group) is 1. The molecule has 0 amide bonds. The molecule has 1 rings (SSSR count). The van der Waals surface area contributed by atoms with E-state index in [-0.39, 0.29) is 0 Å². The molecule has 0 aliphatic rings. The smallest absolute Gasteiger partial charge is 0.122 e. The van der Waals surface area contributed by atoms with Gasteiger partial charge >= 0.3 is 0 Å². The van der Waals surface area contributed by atoms with Crippen LogP contribution >= 0.6 is 0 Å². The molecule has 0 aliphatic heterocycles. The van der Waals surface area contributed by atoms with E-state index in [2.05, 4.69) is 43.6 Å². The Hall–Kier alpha value is -1.06. The first-order valence-corrected chi connectivity index (χ1v) is 6.76. The van der Waals surface area contributed by atoms with Crippen LogP contribution in [0.5, 0.6) is 0 Å². The van der Waals surface area contributed by atoms with Gasteiger partial charge in [-0.25, -0.2) is 0 Å². The Kier molecular flexibility index (Phi) is 6.76. The van der Waals surface area contributed by atoms with E-state index in [9.17, 15) is 0 Å². The van der Waals surface area contributed by atoms with Crippen LogP contribution < -0.4 is 5.32 Å². The van der Waals surface area contributed by atoms with Crippen molar-refractivity contribution in [1.29, 1.82) is 0 Å². The largest absolute Gasteiger partial charge is 0.468 e. The van der Waals surface area contributed by atoms with Gasteiger partial charge in [0, 0.05) is 18.7 Å². The van der Waals surface area contributed by atoms with Crippen LogP contribution in [0.2, 0.25) is 0 Å². The Morgan fingerprint density at radius 1 is 1.50 bits per heavy atom. The Labute approximate surface area is 111 Å². The van der Waals surface area contributed by atoms with E-state index in [1.54, 1.807) is 6.26 Å². The van der Waals surface area contributed by atoms with Gasteiger partial charge in [-0.1, -0.05) is 26.8 Å². The third-order valence-corrected chi connectivity index (χ3v) is 2.90. The molecule has 1 aromatic heterocycles. The molecule has 0 aromatic carbocycles. The summed E-state index contributed by atoms with van der Waals surface area (Å²) in [6, 6.07) is 2.07. The van der Waals surface area contributed by atoms with Crippen molar-refractivity contribution in [3.8, 4) is 0 Å². The number of hydrogen-bond donors (Lipinski definition) is 1. The second-order valence-corrected chi connectivity index (χ2v) is 5.01. The van der Waals surface area contributed by atoms with Crippen LogP contribution in [0.25, 0.3) is 0 Å². The summed E-state index contributed by atoms with van der Waals surface area (Å²) in [6.45, 7) is 15.1. The highest BCUT2D eigenvalue weighted by atomic mass is 16.3. The van der Waals surface area contributed by atoms with Gasteiger partial charge in [-0.15, -0.1) is 6.58 Å². The summed E-state index contributed by atoms with van der Waals surface area (Å²) in [7, 11) is 0. The summed E-state index contributed by atoms with van der Waals surface area (Å²) in [5.74, 6) is 1.72. The van der Waals surface area contributed by atoms with Gasteiger partial charge in [0.2, 0.25) is 0 Å². The molecular formula is C15H26N2O. The molecule has 0 atom stereocenters. The maximum atomic E-state index is 5.55. The normalized spacial score (nSPS) is 11.4. The minimum atomic E-state index is 0.663. The van der Waals surface area contributed by atoms with Crippen LogP contribution in [-0.2, 0) is 13.1 Å². The summed E-state index contributed by atoms with van der Waals surface area (Å²) < 4.78 is 5.55. The monoisotopic (exact) mass is 250 g/mol. The third-order valence-electron chi connectivity index (χ3n) is 2.90. The second kappa shape index (κ2) is 8.11. The van der Waals surface area contributed by atoms with Crippen LogP contribution in [0.4, 0.5) is 0 Å². The molecule has 102 valence electrons. The van der Waals surface area contributed by atoms with Gasteiger partial charge in [-0.3, -0.25) is 4.90 Å². The first-order chi connectivity index (χ1) is 8.67. The van der Waals surface area contributed by atoms with Crippen molar-refractivity contribution in [2.24, 2.45) is 5.92 Å². The number of nitrogens with one attached hydrogen (secondary N) is 1. The fraction of sp³-hybridized carbons (Fsp3) is 0.600. The van der Waals surface area contributed by atoms with Gasteiger partial charge in [0.15, 0.2) is 0 Å². The zero-order valence-corrected chi connectivity index (χ0v) is 11.9. The van der Waals surface area contributed by atoms with Crippen LogP contribution in [0, 0.1) is 5.92 Å². The lowest BCUT2D eigenvalue weighted by molar-refractivity contribution is 0.307. The Morgan fingerprint density at radius 2 is 2.28 bits per heavy atom. The number of furan rings is 1. The second-order valence-electron chi connectivity index (χ2n) is 5.01. The van der Waals surface area contributed by atoms with Crippen molar-refractivity contribution in [2.75, 3.05) is 19.6 Å². The fourth-order valence-electron chi connectivity index (χ4n) is 1.87. The summed E-state index contributed by atoms with van der Waals surface area (Å²) in [5.41, 5.74) is 1.27. The van der Waals surface area contributed by atoms with Gasteiger partial charge in [-0.2, -0.15) is 0 Å². The van der Waals surface area contributed by atoms with E-state index in [1.165, 1.54) is 5.56 Å². The molecule has 0 radical (unpaired) electrons. The molecule has 0 unspecified atom stereocenters. The fourth-order valence-corrected chi connectivity index (χ4v) is 1.87. The molecule has 1 N–H and O–H groups in total. The number of rotatable bonds is 9. The van der Waals surface area contributed by atoms with Crippen molar-refractivity contribution < 1.29 is 4.42 Å². The lowest BCUT2D eigenvalue weighted by atomic mass is 10.2. The first kappa shape index (κ1) is 15.0. The molecule has 3 nitrogen and oxygen atoms in total. The maximum Gasteiger partial charge on any atom is 0.122 e. The molecule has 0 spiro atoms. The number of nitrogens with zero attached hydrogens (tertiary/aromatic N) is 1. The molecule has 18 heavy (non-hydrogen) atoms. The predicted molar refractivity (Wildman–Crippen MR) is 76.4 cm³/mol. The van der Waals surface area contributed by atoms with Gasteiger partial charge in [0.25, 0.3) is 0 Å². The zero-order chi connectivity index (χ0) is 13.4. The minimum absolute atomic E-state index is 0.663. The van der Waals surface area contributed by atoms with E-state index in [4.69, 9.17) is 4.42 Å². The maximum absolute atomic E-state index is 5.55. The van der Waals surface area contributed by atoms with Crippen molar-refractivity contribution in [3.63, 3.8) is 0 Å². The predicted octanol–water partition coefficient (Wildman–Crippen LogP) is 3.03. The Balaban J connectivity index is 2.50. The van der Waals surface area contributed by atoms with Crippen molar-refractivity contribution in [2.45, 2.75) is 33.9 Å². The Bertz CT molecular complexity index is 344. The third kappa shape index (κ3) is 5.07. The first-order valence-electron chi connectivity index (χ1n) is 6.76. The highest BCUT2D eigenvalue weighted by Gasteiger charge is 2.09. The van der Waals surface area contributed by atoms with Crippen molar-refractivity contribution in [1.82, 2.24) is 10.2 Å². The highest BCUT2D eigenvalue weighted by molar-refractivity contribution is 5.17. The molecule has 1 aromatic rings. The molecule has 3 heteroatoms. The summed E-state index contributed by atoms with van der Waals surface area (Å²) in [4.78, 5) is 2.34. The van der Waals surface area contributed by atoms with E-state index < -0.39 is 0 Å². The minimum Gasteiger partial charge on any atom is -0.468 e. The molecular weight excluding hydrogens is 224 g/mol. The van der Waals surface area contributed by atoms with Crippen molar-refractivity contribution >= 4 is 0 Å². The van der Waals surface area contributed by atoms with Crippen LogP contribution in [0.15, 0.2) is 29.4 Å². The molecule has 0 bridgehead atoms. The van der Waals surface area contributed by atoms with Crippen LogP contribution in [0.3, 0.4) is 0 Å². The van der Waals surface area contributed by atoms with Crippen LogP contribution in [-0.4, -0.2) is 24.5 Å². The summed E-state index contributed by atoms with van der Waals surface area (Å²) in [5, 5.41) is 3.42.